The molecule has 1 aliphatic rings. The monoisotopic (exact) mass is 224 g/mol. The van der Waals surface area contributed by atoms with Gasteiger partial charge in [0.25, 0.3) is 0 Å². The van der Waals surface area contributed by atoms with E-state index in [1.54, 1.807) is 0 Å². The Morgan fingerprint density at radius 1 is 1.56 bits per heavy atom. The summed E-state index contributed by atoms with van der Waals surface area (Å²) in [6.07, 6.45) is 6.06. The van der Waals surface area contributed by atoms with Gasteiger partial charge in [-0.25, -0.2) is 0 Å². The van der Waals surface area contributed by atoms with Crippen molar-refractivity contribution in [1.29, 1.82) is 0 Å². The van der Waals surface area contributed by atoms with E-state index in [0.29, 0.717) is 12.0 Å². The maximum atomic E-state index is 11.3. The van der Waals surface area contributed by atoms with E-state index < -0.39 is 0 Å². The van der Waals surface area contributed by atoms with Crippen molar-refractivity contribution in [2.24, 2.45) is 17.6 Å². The number of hydrogen-bond donors (Lipinski definition) is 2. The van der Waals surface area contributed by atoms with Crippen molar-refractivity contribution in [3.05, 3.63) is 12.7 Å². The number of nitrogens with two attached hydrogens (primary N) is 1. The van der Waals surface area contributed by atoms with Crippen LogP contribution in [0.5, 0.6) is 0 Å². The third-order valence-corrected chi connectivity index (χ3v) is 3.75. The zero-order valence-electron chi connectivity index (χ0n) is 10.4. The number of amides is 1. The van der Waals surface area contributed by atoms with Crippen molar-refractivity contribution < 1.29 is 4.79 Å². The van der Waals surface area contributed by atoms with E-state index in [4.69, 9.17) is 5.73 Å². The molecule has 3 heteroatoms. The molecule has 1 rings (SSSR count). The topological polar surface area (TPSA) is 55.1 Å². The van der Waals surface area contributed by atoms with Crippen LogP contribution >= 0.6 is 0 Å². The van der Waals surface area contributed by atoms with E-state index in [1.165, 1.54) is 0 Å². The van der Waals surface area contributed by atoms with Gasteiger partial charge in [0.2, 0.25) is 5.91 Å². The zero-order chi connectivity index (χ0) is 12.1. The molecule has 4 atom stereocenters. The van der Waals surface area contributed by atoms with Gasteiger partial charge in [-0.05, 0) is 32.1 Å². The highest BCUT2D eigenvalue weighted by Gasteiger charge is 2.32. The molecular formula is C13H24N2O. The Kier molecular flexibility index (Phi) is 5.00. The summed E-state index contributed by atoms with van der Waals surface area (Å²) in [4.78, 5) is 11.3. The number of nitrogens with one attached hydrogen (secondary N) is 1. The molecule has 0 aliphatic heterocycles. The van der Waals surface area contributed by atoms with Crippen molar-refractivity contribution in [2.45, 2.75) is 51.6 Å². The fourth-order valence-corrected chi connectivity index (χ4v) is 2.47. The highest BCUT2D eigenvalue weighted by Crippen LogP contribution is 2.26. The molecule has 0 saturated heterocycles. The molecule has 0 heterocycles. The van der Waals surface area contributed by atoms with E-state index in [1.807, 2.05) is 6.08 Å². The first-order valence-electron chi connectivity index (χ1n) is 6.22. The molecule has 16 heavy (non-hydrogen) atoms. The van der Waals surface area contributed by atoms with Crippen LogP contribution in [0.25, 0.3) is 0 Å². The van der Waals surface area contributed by atoms with Gasteiger partial charge in [0.1, 0.15) is 0 Å². The molecule has 0 bridgehead atoms. The first-order valence-corrected chi connectivity index (χ1v) is 6.22. The summed E-state index contributed by atoms with van der Waals surface area (Å²) in [5.74, 6) is 0.420. The Labute approximate surface area is 98.5 Å². The van der Waals surface area contributed by atoms with Crippen LogP contribution in [0.2, 0.25) is 0 Å². The van der Waals surface area contributed by atoms with E-state index in [9.17, 15) is 4.79 Å². The van der Waals surface area contributed by atoms with Crippen molar-refractivity contribution in [3.8, 4) is 0 Å². The van der Waals surface area contributed by atoms with Crippen LogP contribution in [0.4, 0.5) is 0 Å². The number of carbonyl (C=O) groups is 1. The van der Waals surface area contributed by atoms with E-state index in [0.717, 1.165) is 25.7 Å². The van der Waals surface area contributed by atoms with Crippen LogP contribution < -0.4 is 11.1 Å². The van der Waals surface area contributed by atoms with Gasteiger partial charge in [-0.15, -0.1) is 6.58 Å². The second kappa shape index (κ2) is 6.04. The normalized spacial score (nSPS) is 28.6. The first kappa shape index (κ1) is 13.2. The number of rotatable bonds is 6. The van der Waals surface area contributed by atoms with Crippen LogP contribution in [0.15, 0.2) is 12.7 Å². The van der Waals surface area contributed by atoms with Crippen LogP contribution in [0, 0.1) is 11.8 Å². The van der Waals surface area contributed by atoms with Crippen molar-refractivity contribution in [2.75, 3.05) is 0 Å². The average Bonchev–Trinajstić information content (AvgIpc) is 2.66. The quantitative estimate of drug-likeness (QED) is 0.676. The first-order chi connectivity index (χ1) is 7.56. The zero-order valence-corrected chi connectivity index (χ0v) is 10.4. The second-order valence-corrected chi connectivity index (χ2v) is 5.00. The molecule has 92 valence electrons. The lowest BCUT2D eigenvalue weighted by molar-refractivity contribution is -0.122. The summed E-state index contributed by atoms with van der Waals surface area (Å²) < 4.78 is 0. The molecule has 1 fully saturated rings. The van der Waals surface area contributed by atoms with Gasteiger partial charge in [-0.1, -0.05) is 19.4 Å². The highest BCUT2D eigenvalue weighted by molar-refractivity contribution is 5.77. The molecule has 4 unspecified atom stereocenters. The Hall–Kier alpha value is -0.830. The van der Waals surface area contributed by atoms with Crippen LogP contribution in [0.1, 0.15) is 39.5 Å². The number of hydrogen-bond acceptors (Lipinski definition) is 2. The summed E-state index contributed by atoms with van der Waals surface area (Å²) in [6, 6.07) is 0.683. The third kappa shape index (κ3) is 3.34. The van der Waals surface area contributed by atoms with Crippen molar-refractivity contribution in [3.63, 3.8) is 0 Å². The fraction of sp³-hybridized carbons (Fsp3) is 0.769. The predicted octanol–water partition coefficient (Wildman–Crippen LogP) is 1.83. The molecule has 1 saturated carbocycles. The van der Waals surface area contributed by atoms with Gasteiger partial charge in [0, 0.05) is 12.1 Å². The van der Waals surface area contributed by atoms with E-state index in [2.05, 4.69) is 25.7 Å². The molecule has 1 aliphatic carbocycles. The van der Waals surface area contributed by atoms with Gasteiger partial charge >= 0.3 is 0 Å². The molecule has 0 radical (unpaired) electrons. The van der Waals surface area contributed by atoms with Crippen molar-refractivity contribution in [1.82, 2.24) is 5.32 Å². The Bertz CT molecular complexity index is 252. The molecule has 3 nitrogen and oxygen atoms in total. The fourth-order valence-electron chi connectivity index (χ4n) is 2.47. The smallest absolute Gasteiger partial charge is 0.222 e. The Morgan fingerprint density at radius 2 is 2.25 bits per heavy atom. The maximum absolute atomic E-state index is 11.3. The lowest BCUT2D eigenvalue weighted by Gasteiger charge is -2.27. The minimum absolute atomic E-state index is 0.0263. The summed E-state index contributed by atoms with van der Waals surface area (Å²) >= 11 is 0. The Balaban J connectivity index is 2.46. The summed E-state index contributed by atoms with van der Waals surface area (Å²) in [7, 11) is 0. The van der Waals surface area contributed by atoms with Crippen molar-refractivity contribution >= 4 is 5.91 Å². The number of allylic oxidation sites excluding steroid dienone is 1. The minimum atomic E-state index is -0.154. The van der Waals surface area contributed by atoms with Gasteiger partial charge < -0.3 is 11.1 Å². The summed E-state index contributed by atoms with van der Waals surface area (Å²) in [6.45, 7) is 8.13. The number of carbonyl (C=O) groups excluding carboxylic acids is 1. The molecule has 0 aromatic rings. The maximum Gasteiger partial charge on any atom is 0.222 e. The molecule has 3 N–H and O–H groups in total. The molecule has 1 amide bonds. The summed E-state index contributed by atoms with van der Waals surface area (Å²) in [5, 5.41) is 3.55. The lowest BCUT2D eigenvalue weighted by Crippen LogP contribution is -2.45. The molecule has 0 aromatic heterocycles. The second-order valence-electron chi connectivity index (χ2n) is 5.00. The van der Waals surface area contributed by atoms with Gasteiger partial charge in [0.15, 0.2) is 0 Å². The lowest BCUT2D eigenvalue weighted by atomic mass is 9.96. The predicted molar refractivity (Wildman–Crippen MR) is 66.9 cm³/mol. The van der Waals surface area contributed by atoms with Gasteiger partial charge in [0.05, 0.1) is 5.92 Å². The third-order valence-electron chi connectivity index (χ3n) is 3.75. The summed E-state index contributed by atoms with van der Waals surface area (Å²) in [5.41, 5.74) is 5.40. The Morgan fingerprint density at radius 3 is 2.81 bits per heavy atom. The van der Waals surface area contributed by atoms with Gasteiger partial charge in [-0.3, -0.25) is 4.79 Å². The average molecular weight is 224 g/mol. The largest absolute Gasteiger partial charge is 0.369 e. The van der Waals surface area contributed by atoms with E-state index in [-0.39, 0.29) is 17.9 Å². The van der Waals surface area contributed by atoms with Crippen LogP contribution in [-0.2, 0) is 4.79 Å². The minimum Gasteiger partial charge on any atom is -0.369 e. The molecule has 0 spiro atoms. The number of primary amides is 1. The highest BCUT2D eigenvalue weighted by atomic mass is 16.1. The standard InChI is InChI=1S/C13H24N2O/c1-4-6-9(2)10(3)15-12-8-5-7-11(12)13(14)16/h4,9-12,15H,1,5-8H2,2-3H3,(H2,14,16). The molecular weight excluding hydrogens is 200 g/mol. The molecule has 0 aromatic carbocycles. The van der Waals surface area contributed by atoms with Gasteiger partial charge in [-0.2, -0.15) is 0 Å². The van der Waals surface area contributed by atoms with E-state index >= 15 is 0 Å². The van der Waals surface area contributed by atoms with Crippen LogP contribution in [-0.4, -0.2) is 18.0 Å². The SMILES string of the molecule is C=CCC(C)C(C)NC1CCCC1C(N)=O. The van der Waals surface area contributed by atoms with Crippen LogP contribution in [0.3, 0.4) is 0 Å².